The Morgan fingerprint density at radius 1 is 1.03 bits per heavy atom. The Balaban J connectivity index is 1.35. The van der Waals surface area contributed by atoms with E-state index in [4.69, 9.17) is 4.74 Å². The molecule has 3 heterocycles. The maximum absolute atomic E-state index is 13.3. The summed E-state index contributed by atoms with van der Waals surface area (Å²) in [4.78, 5) is 29.5. The molecule has 2 aromatic heterocycles. The zero-order chi connectivity index (χ0) is 23.0. The number of hydrogen-bond donors (Lipinski definition) is 0. The molecule has 1 saturated heterocycles. The Hall–Kier alpha value is -2.13. The molecule has 2 aliphatic carbocycles. The summed E-state index contributed by atoms with van der Waals surface area (Å²) in [5.41, 5.74) is 1.64. The first-order valence-electron chi connectivity index (χ1n) is 11.9. The van der Waals surface area contributed by atoms with Crippen LogP contribution in [0.15, 0.2) is 24.5 Å². The first-order chi connectivity index (χ1) is 15.9. The van der Waals surface area contributed by atoms with Gasteiger partial charge in [0.15, 0.2) is 16.4 Å². The van der Waals surface area contributed by atoms with Gasteiger partial charge in [-0.05, 0) is 62.6 Å². The second-order valence-corrected chi connectivity index (χ2v) is 12.7. The van der Waals surface area contributed by atoms with E-state index in [2.05, 4.69) is 0 Å². The number of fused-ring (bicyclic) bond motifs is 1. The Kier molecular flexibility index (Phi) is 6.35. The Morgan fingerprint density at radius 3 is 2.45 bits per heavy atom. The lowest BCUT2D eigenvalue weighted by atomic mass is 9.95. The van der Waals surface area contributed by atoms with Crippen LogP contribution in [0.1, 0.15) is 65.7 Å². The Labute approximate surface area is 198 Å². The largest absolute Gasteiger partial charge is 0.452 e. The van der Waals surface area contributed by atoms with E-state index in [1.54, 1.807) is 16.2 Å². The molecule has 0 spiro atoms. The fourth-order valence-corrected chi connectivity index (χ4v) is 8.62. The maximum atomic E-state index is 13.3. The van der Waals surface area contributed by atoms with Crippen LogP contribution in [0.2, 0.25) is 0 Å². The molecule has 0 N–H and O–H groups in total. The summed E-state index contributed by atoms with van der Waals surface area (Å²) < 4.78 is 31.7. The fourth-order valence-electron chi connectivity index (χ4n) is 5.57. The first-order valence-corrected chi connectivity index (χ1v) is 14.5. The van der Waals surface area contributed by atoms with E-state index in [0.717, 1.165) is 61.9 Å². The molecule has 1 atom stereocenters. The molecule has 2 fully saturated rings. The summed E-state index contributed by atoms with van der Waals surface area (Å²) in [6.45, 7) is -0.346. The van der Waals surface area contributed by atoms with Crippen LogP contribution in [0.25, 0.3) is 5.00 Å². The molecule has 33 heavy (non-hydrogen) atoms. The van der Waals surface area contributed by atoms with E-state index in [-0.39, 0.29) is 36.1 Å². The topological polar surface area (TPSA) is 85.7 Å². The van der Waals surface area contributed by atoms with Crippen LogP contribution in [0.3, 0.4) is 0 Å². The molecule has 0 radical (unpaired) electrons. The third-order valence-corrected chi connectivity index (χ3v) is 10.2. The van der Waals surface area contributed by atoms with Crippen LogP contribution < -0.4 is 0 Å². The van der Waals surface area contributed by atoms with Crippen LogP contribution in [-0.4, -0.2) is 60.0 Å². The van der Waals surface area contributed by atoms with Crippen molar-refractivity contribution in [1.29, 1.82) is 0 Å². The van der Waals surface area contributed by atoms with Crippen molar-refractivity contribution in [3.05, 3.63) is 40.5 Å². The van der Waals surface area contributed by atoms with Crippen molar-refractivity contribution in [2.75, 3.05) is 18.1 Å². The number of ether oxygens (including phenoxy) is 1. The molecule has 1 unspecified atom stereocenters. The number of nitrogens with zero attached hydrogens (tertiary/aromatic N) is 2. The van der Waals surface area contributed by atoms with Crippen LogP contribution in [0.5, 0.6) is 0 Å². The lowest BCUT2D eigenvalue weighted by molar-refractivity contribution is -0.139. The molecule has 3 aliphatic rings. The Morgan fingerprint density at radius 2 is 1.76 bits per heavy atom. The molecule has 178 valence electrons. The van der Waals surface area contributed by atoms with Crippen LogP contribution in [0.4, 0.5) is 0 Å². The van der Waals surface area contributed by atoms with Crippen LogP contribution >= 0.6 is 11.3 Å². The van der Waals surface area contributed by atoms with Gasteiger partial charge in [0.2, 0.25) is 0 Å². The lowest BCUT2D eigenvalue weighted by Gasteiger charge is -2.33. The predicted molar refractivity (Wildman–Crippen MR) is 127 cm³/mol. The second kappa shape index (κ2) is 9.25. The Bertz CT molecular complexity index is 1130. The third-order valence-electron chi connectivity index (χ3n) is 7.13. The van der Waals surface area contributed by atoms with E-state index in [0.29, 0.717) is 12.0 Å². The number of esters is 1. The molecule has 7 nitrogen and oxygen atoms in total. The number of carbonyl (C=O) groups excluding carboxylic acids is 2. The monoisotopic (exact) mass is 490 g/mol. The molecular formula is C24H30N2O5S2. The van der Waals surface area contributed by atoms with Gasteiger partial charge in [0.1, 0.15) is 5.00 Å². The minimum absolute atomic E-state index is 0.0129. The van der Waals surface area contributed by atoms with Gasteiger partial charge < -0.3 is 14.2 Å². The number of thiophene rings is 1. The van der Waals surface area contributed by atoms with Gasteiger partial charge in [-0.1, -0.05) is 12.8 Å². The van der Waals surface area contributed by atoms with Gasteiger partial charge in [-0.2, -0.15) is 0 Å². The van der Waals surface area contributed by atoms with Crippen molar-refractivity contribution in [2.24, 2.45) is 0 Å². The molecule has 1 amide bonds. The van der Waals surface area contributed by atoms with Gasteiger partial charge in [-0.25, -0.2) is 13.2 Å². The standard InChI is InChI=1S/C24H30N2O5S2/c27-21(26(17-7-1-2-8-17)18-11-14-33(29,30)16-18)15-31-24(28)22-19-9-3-4-10-20(19)32-23(22)25-12-5-6-13-25/h5-6,12-13,17-18H,1-4,7-11,14-16H2. The third kappa shape index (κ3) is 4.62. The summed E-state index contributed by atoms with van der Waals surface area (Å²) in [6, 6.07) is 3.58. The summed E-state index contributed by atoms with van der Waals surface area (Å²) in [5.74, 6) is -0.602. The first kappa shape index (κ1) is 22.7. The summed E-state index contributed by atoms with van der Waals surface area (Å²) in [6.07, 6.45) is 12.1. The van der Waals surface area contributed by atoms with E-state index in [1.807, 2.05) is 29.1 Å². The highest BCUT2D eigenvalue weighted by Gasteiger charge is 2.39. The molecular weight excluding hydrogens is 460 g/mol. The van der Waals surface area contributed by atoms with Gasteiger partial charge in [-0.3, -0.25) is 4.79 Å². The average molecular weight is 491 g/mol. The van der Waals surface area contributed by atoms with E-state index >= 15 is 0 Å². The van der Waals surface area contributed by atoms with Crippen molar-refractivity contribution >= 4 is 33.1 Å². The molecule has 5 rings (SSSR count). The maximum Gasteiger partial charge on any atom is 0.341 e. The molecule has 1 saturated carbocycles. The zero-order valence-electron chi connectivity index (χ0n) is 18.7. The number of hydrogen-bond acceptors (Lipinski definition) is 6. The highest BCUT2D eigenvalue weighted by atomic mass is 32.2. The normalized spacial score (nSPS) is 22.2. The summed E-state index contributed by atoms with van der Waals surface area (Å²) >= 11 is 1.63. The number of aromatic nitrogens is 1. The second-order valence-electron chi connectivity index (χ2n) is 9.35. The average Bonchev–Trinajstić information content (AvgIpc) is 3.58. The van der Waals surface area contributed by atoms with Crippen molar-refractivity contribution in [1.82, 2.24) is 9.47 Å². The van der Waals surface area contributed by atoms with Crippen molar-refractivity contribution in [3.63, 3.8) is 0 Å². The smallest absolute Gasteiger partial charge is 0.341 e. The van der Waals surface area contributed by atoms with Crippen molar-refractivity contribution < 1.29 is 22.7 Å². The van der Waals surface area contributed by atoms with Crippen LogP contribution in [-0.2, 0) is 32.2 Å². The molecule has 9 heteroatoms. The number of carbonyl (C=O) groups is 2. The van der Waals surface area contributed by atoms with Gasteiger partial charge in [0.05, 0.1) is 17.1 Å². The van der Waals surface area contributed by atoms with Crippen molar-refractivity contribution in [2.45, 2.75) is 69.9 Å². The van der Waals surface area contributed by atoms with Gasteiger partial charge in [0, 0.05) is 29.4 Å². The van der Waals surface area contributed by atoms with E-state index < -0.39 is 15.8 Å². The molecule has 1 aliphatic heterocycles. The quantitative estimate of drug-likeness (QED) is 0.578. The number of amides is 1. The van der Waals surface area contributed by atoms with Crippen molar-refractivity contribution in [3.8, 4) is 5.00 Å². The van der Waals surface area contributed by atoms with Gasteiger partial charge in [0.25, 0.3) is 5.91 Å². The molecule has 2 aromatic rings. The predicted octanol–water partition coefficient (Wildman–Crippen LogP) is 3.53. The summed E-state index contributed by atoms with van der Waals surface area (Å²) in [5, 5.41) is 0.846. The molecule has 0 bridgehead atoms. The fraction of sp³-hybridized carbons (Fsp3) is 0.583. The van der Waals surface area contributed by atoms with E-state index in [1.165, 1.54) is 4.88 Å². The minimum atomic E-state index is -3.11. The van der Waals surface area contributed by atoms with Gasteiger partial charge >= 0.3 is 5.97 Å². The van der Waals surface area contributed by atoms with Gasteiger partial charge in [-0.15, -0.1) is 11.3 Å². The lowest BCUT2D eigenvalue weighted by Crippen LogP contribution is -2.48. The summed E-state index contributed by atoms with van der Waals surface area (Å²) in [7, 11) is -3.11. The van der Waals surface area contributed by atoms with E-state index in [9.17, 15) is 18.0 Å². The number of aryl methyl sites for hydroxylation is 1. The molecule has 0 aromatic carbocycles. The highest BCUT2D eigenvalue weighted by Crippen LogP contribution is 2.37. The zero-order valence-corrected chi connectivity index (χ0v) is 20.3. The van der Waals surface area contributed by atoms with Crippen LogP contribution in [0, 0.1) is 0 Å². The number of sulfone groups is 1. The minimum Gasteiger partial charge on any atom is -0.452 e. The SMILES string of the molecule is O=C(OCC(=O)N(C1CCCC1)C1CCS(=O)(=O)C1)c1c(-n2cccc2)sc2c1CCCC2. The number of rotatable bonds is 6. The highest BCUT2D eigenvalue weighted by molar-refractivity contribution is 7.91.